The van der Waals surface area contributed by atoms with Gasteiger partial charge in [-0.05, 0) is 49.0 Å². The predicted octanol–water partition coefficient (Wildman–Crippen LogP) is 3.37. The highest BCUT2D eigenvalue weighted by molar-refractivity contribution is 5.92. The summed E-state index contributed by atoms with van der Waals surface area (Å²) in [5, 5.41) is 0. The second kappa shape index (κ2) is 8.62. The molecule has 0 aliphatic heterocycles. The van der Waals surface area contributed by atoms with Gasteiger partial charge in [0.15, 0.2) is 11.5 Å². The summed E-state index contributed by atoms with van der Waals surface area (Å²) in [6, 6.07) is 3.66. The number of rotatable bonds is 9. The fourth-order valence-corrected chi connectivity index (χ4v) is 2.64. The van der Waals surface area contributed by atoms with Crippen LogP contribution in [-0.2, 0) is 4.79 Å². The van der Waals surface area contributed by atoms with Crippen molar-refractivity contribution in [1.82, 2.24) is 4.90 Å². The highest BCUT2D eigenvalue weighted by Gasteiger charge is 2.25. The van der Waals surface area contributed by atoms with Gasteiger partial charge < -0.3 is 19.1 Å². The SMILES string of the molecule is CCCN(CC1CC1)C(=O)C=Cc1cc(OC)c(OC)c(OC)c1. The number of nitrogens with zero attached hydrogens (tertiary/aromatic N) is 1. The zero-order chi connectivity index (χ0) is 17.5. The fraction of sp³-hybridized carbons (Fsp3) is 0.526. The Morgan fingerprint density at radius 1 is 1.17 bits per heavy atom. The number of amides is 1. The maximum absolute atomic E-state index is 12.5. The van der Waals surface area contributed by atoms with Crippen molar-refractivity contribution < 1.29 is 19.0 Å². The quantitative estimate of drug-likeness (QED) is 0.650. The number of hydrogen-bond donors (Lipinski definition) is 0. The lowest BCUT2D eigenvalue weighted by molar-refractivity contribution is -0.126. The number of carbonyl (C=O) groups is 1. The first-order valence-corrected chi connectivity index (χ1v) is 8.39. The number of benzene rings is 1. The third-order valence-electron chi connectivity index (χ3n) is 4.09. The van der Waals surface area contributed by atoms with E-state index >= 15 is 0 Å². The second-order valence-corrected chi connectivity index (χ2v) is 6.02. The van der Waals surface area contributed by atoms with Crippen LogP contribution in [0.5, 0.6) is 17.2 Å². The molecule has 0 spiro atoms. The zero-order valence-electron chi connectivity index (χ0n) is 15.0. The lowest BCUT2D eigenvalue weighted by Crippen LogP contribution is -2.32. The Bertz CT molecular complexity index is 568. The largest absolute Gasteiger partial charge is 0.493 e. The van der Waals surface area contributed by atoms with Crippen LogP contribution in [-0.4, -0.2) is 45.2 Å². The lowest BCUT2D eigenvalue weighted by atomic mass is 10.1. The molecule has 0 saturated heterocycles. The van der Waals surface area contributed by atoms with Crippen molar-refractivity contribution in [3.05, 3.63) is 23.8 Å². The van der Waals surface area contributed by atoms with Crippen molar-refractivity contribution in [1.29, 1.82) is 0 Å². The Balaban J connectivity index is 2.15. The van der Waals surface area contributed by atoms with E-state index in [1.807, 2.05) is 17.0 Å². The zero-order valence-corrected chi connectivity index (χ0v) is 15.0. The van der Waals surface area contributed by atoms with Gasteiger partial charge in [0.1, 0.15) is 0 Å². The summed E-state index contributed by atoms with van der Waals surface area (Å²) in [6.07, 6.45) is 6.87. The minimum atomic E-state index is 0.0532. The van der Waals surface area contributed by atoms with Crippen molar-refractivity contribution in [3.63, 3.8) is 0 Å². The van der Waals surface area contributed by atoms with Gasteiger partial charge in [-0.15, -0.1) is 0 Å². The molecule has 5 heteroatoms. The number of methoxy groups -OCH3 is 3. The Hall–Kier alpha value is -2.17. The smallest absolute Gasteiger partial charge is 0.246 e. The topological polar surface area (TPSA) is 48.0 Å². The van der Waals surface area contributed by atoms with Gasteiger partial charge in [0, 0.05) is 19.2 Å². The van der Waals surface area contributed by atoms with Crippen molar-refractivity contribution in [2.24, 2.45) is 5.92 Å². The molecule has 0 unspecified atom stereocenters. The van der Waals surface area contributed by atoms with Crippen LogP contribution in [0.2, 0.25) is 0 Å². The van der Waals surface area contributed by atoms with Gasteiger partial charge in [0.05, 0.1) is 21.3 Å². The molecule has 0 atom stereocenters. The molecule has 1 aromatic carbocycles. The van der Waals surface area contributed by atoms with E-state index in [-0.39, 0.29) is 5.91 Å². The number of ether oxygens (including phenoxy) is 3. The van der Waals surface area contributed by atoms with E-state index < -0.39 is 0 Å². The van der Waals surface area contributed by atoms with E-state index in [9.17, 15) is 4.79 Å². The Labute approximate surface area is 144 Å². The third-order valence-corrected chi connectivity index (χ3v) is 4.09. The molecule has 24 heavy (non-hydrogen) atoms. The monoisotopic (exact) mass is 333 g/mol. The van der Waals surface area contributed by atoms with Gasteiger partial charge in [-0.3, -0.25) is 4.79 Å². The number of hydrogen-bond acceptors (Lipinski definition) is 4. The first-order chi connectivity index (χ1) is 11.6. The average Bonchev–Trinajstić information content (AvgIpc) is 3.42. The summed E-state index contributed by atoms with van der Waals surface area (Å²) in [7, 11) is 4.73. The van der Waals surface area contributed by atoms with E-state index in [1.165, 1.54) is 12.8 Å². The van der Waals surface area contributed by atoms with E-state index in [0.29, 0.717) is 23.2 Å². The van der Waals surface area contributed by atoms with Gasteiger partial charge in [-0.25, -0.2) is 0 Å². The highest BCUT2D eigenvalue weighted by Crippen LogP contribution is 2.38. The molecule has 0 heterocycles. The van der Waals surface area contributed by atoms with Crippen LogP contribution in [0.3, 0.4) is 0 Å². The molecule has 0 N–H and O–H groups in total. The molecule has 132 valence electrons. The predicted molar refractivity (Wildman–Crippen MR) is 94.7 cm³/mol. The fourth-order valence-electron chi connectivity index (χ4n) is 2.64. The van der Waals surface area contributed by atoms with Crippen LogP contribution in [0, 0.1) is 5.92 Å². The van der Waals surface area contributed by atoms with Crippen LogP contribution in [0.4, 0.5) is 0 Å². The van der Waals surface area contributed by atoms with Crippen LogP contribution in [0.25, 0.3) is 6.08 Å². The maximum Gasteiger partial charge on any atom is 0.246 e. The van der Waals surface area contributed by atoms with Gasteiger partial charge in [0.2, 0.25) is 11.7 Å². The molecule has 0 radical (unpaired) electrons. The first kappa shape index (κ1) is 18.2. The summed E-state index contributed by atoms with van der Waals surface area (Å²) < 4.78 is 16.0. The molecule has 0 aromatic heterocycles. The Morgan fingerprint density at radius 2 is 1.79 bits per heavy atom. The molecule has 5 nitrogen and oxygen atoms in total. The van der Waals surface area contributed by atoms with E-state index in [0.717, 1.165) is 25.1 Å². The molecule has 2 rings (SSSR count). The van der Waals surface area contributed by atoms with Crippen LogP contribution < -0.4 is 14.2 Å². The molecule has 1 saturated carbocycles. The highest BCUT2D eigenvalue weighted by atomic mass is 16.5. The van der Waals surface area contributed by atoms with Gasteiger partial charge in [-0.2, -0.15) is 0 Å². The van der Waals surface area contributed by atoms with Crippen LogP contribution in [0.15, 0.2) is 18.2 Å². The minimum Gasteiger partial charge on any atom is -0.493 e. The second-order valence-electron chi connectivity index (χ2n) is 6.02. The van der Waals surface area contributed by atoms with Gasteiger partial charge >= 0.3 is 0 Å². The third kappa shape index (κ3) is 4.66. The summed E-state index contributed by atoms with van der Waals surface area (Å²) in [4.78, 5) is 14.4. The van der Waals surface area contributed by atoms with Gasteiger partial charge in [0.25, 0.3) is 0 Å². The summed E-state index contributed by atoms with van der Waals surface area (Å²) in [5.74, 6) is 2.44. The van der Waals surface area contributed by atoms with Crippen LogP contribution in [0.1, 0.15) is 31.7 Å². The molecular formula is C19H27NO4. The van der Waals surface area contributed by atoms with Gasteiger partial charge in [-0.1, -0.05) is 6.92 Å². The molecule has 0 bridgehead atoms. The minimum absolute atomic E-state index is 0.0532. The summed E-state index contributed by atoms with van der Waals surface area (Å²) in [6.45, 7) is 3.76. The summed E-state index contributed by atoms with van der Waals surface area (Å²) in [5.41, 5.74) is 0.834. The standard InChI is InChI=1S/C19H27NO4/c1-5-10-20(13-14-6-7-14)18(21)9-8-15-11-16(22-2)19(24-4)17(12-15)23-3/h8-9,11-12,14H,5-7,10,13H2,1-4H3. The Morgan fingerprint density at radius 3 is 2.25 bits per heavy atom. The van der Waals surface area contributed by atoms with Crippen molar-refractivity contribution in [3.8, 4) is 17.2 Å². The first-order valence-electron chi connectivity index (χ1n) is 8.39. The molecule has 1 aliphatic carbocycles. The lowest BCUT2D eigenvalue weighted by Gasteiger charge is -2.20. The molecule has 1 aliphatic rings. The maximum atomic E-state index is 12.5. The van der Waals surface area contributed by atoms with E-state index in [1.54, 1.807) is 33.5 Å². The molecule has 1 amide bonds. The molecule has 1 fully saturated rings. The van der Waals surface area contributed by atoms with Crippen LogP contribution >= 0.6 is 0 Å². The van der Waals surface area contributed by atoms with Crippen molar-refractivity contribution >= 4 is 12.0 Å². The van der Waals surface area contributed by atoms with Crippen molar-refractivity contribution in [2.45, 2.75) is 26.2 Å². The van der Waals surface area contributed by atoms with E-state index in [4.69, 9.17) is 14.2 Å². The summed E-state index contributed by atoms with van der Waals surface area (Å²) >= 11 is 0. The number of carbonyl (C=O) groups excluding carboxylic acids is 1. The van der Waals surface area contributed by atoms with Crippen molar-refractivity contribution in [2.75, 3.05) is 34.4 Å². The Kier molecular flexibility index (Phi) is 6.53. The molecule has 1 aromatic rings. The van der Waals surface area contributed by atoms with E-state index in [2.05, 4.69) is 6.92 Å². The average molecular weight is 333 g/mol. The molecular weight excluding hydrogens is 306 g/mol. The normalized spacial score (nSPS) is 13.8.